The van der Waals surface area contributed by atoms with Crippen LogP contribution in [0.15, 0.2) is 18.2 Å². The van der Waals surface area contributed by atoms with Crippen molar-refractivity contribution in [2.45, 2.75) is 33.7 Å². The SMILES string of the molecule is Cc1cccc(N2CCN(C(=O)C(C)C(C)N)CC2)c1C. The fourth-order valence-electron chi connectivity index (χ4n) is 2.76. The number of hydrogen-bond acceptors (Lipinski definition) is 3. The first-order valence-corrected chi connectivity index (χ1v) is 7.77. The molecule has 1 amide bonds. The van der Waals surface area contributed by atoms with Gasteiger partial charge in [-0.05, 0) is 38.0 Å². The number of amides is 1. The number of carbonyl (C=O) groups excluding carboxylic acids is 1. The molecule has 1 saturated heterocycles. The van der Waals surface area contributed by atoms with Crippen molar-refractivity contribution in [1.29, 1.82) is 0 Å². The smallest absolute Gasteiger partial charge is 0.227 e. The molecule has 1 aliphatic rings. The quantitative estimate of drug-likeness (QED) is 0.925. The third-order valence-electron chi connectivity index (χ3n) is 4.69. The molecular weight excluding hydrogens is 262 g/mol. The summed E-state index contributed by atoms with van der Waals surface area (Å²) in [7, 11) is 0. The number of anilines is 1. The van der Waals surface area contributed by atoms with Crippen LogP contribution in [0.5, 0.6) is 0 Å². The Morgan fingerprint density at radius 1 is 1.14 bits per heavy atom. The summed E-state index contributed by atoms with van der Waals surface area (Å²) >= 11 is 0. The highest BCUT2D eigenvalue weighted by Gasteiger charge is 2.27. The predicted molar refractivity (Wildman–Crippen MR) is 87.5 cm³/mol. The van der Waals surface area contributed by atoms with Crippen LogP contribution in [0, 0.1) is 19.8 Å². The Kier molecular flexibility index (Phi) is 4.88. The average molecular weight is 289 g/mol. The van der Waals surface area contributed by atoms with Crippen LogP contribution in [0.1, 0.15) is 25.0 Å². The van der Waals surface area contributed by atoms with Crippen LogP contribution in [0.25, 0.3) is 0 Å². The Morgan fingerprint density at radius 2 is 1.76 bits per heavy atom. The molecule has 1 aromatic rings. The minimum absolute atomic E-state index is 0.0884. The molecular formula is C17H27N3O. The van der Waals surface area contributed by atoms with E-state index in [4.69, 9.17) is 5.73 Å². The van der Waals surface area contributed by atoms with Crippen molar-refractivity contribution in [3.63, 3.8) is 0 Å². The summed E-state index contributed by atoms with van der Waals surface area (Å²) in [5.74, 6) is 0.0860. The molecule has 4 nitrogen and oxygen atoms in total. The largest absolute Gasteiger partial charge is 0.368 e. The van der Waals surface area contributed by atoms with E-state index in [-0.39, 0.29) is 17.9 Å². The summed E-state index contributed by atoms with van der Waals surface area (Å²) in [5, 5.41) is 0. The number of carbonyl (C=O) groups is 1. The van der Waals surface area contributed by atoms with E-state index in [2.05, 4.69) is 36.9 Å². The molecule has 1 heterocycles. The van der Waals surface area contributed by atoms with Crippen LogP contribution < -0.4 is 10.6 Å². The molecule has 0 bridgehead atoms. The van der Waals surface area contributed by atoms with Gasteiger partial charge in [-0.1, -0.05) is 19.1 Å². The van der Waals surface area contributed by atoms with E-state index in [0.29, 0.717) is 0 Å². The summed E-state index contributed by atoms with van der Waals surface area (Å²) < 4.78 is 0. The third-order valence-corrected chi connectivity index (χ3v) is 4.69. The van der Waals surface area contributed by atoms with Gasteiger partial charge in [-0.3, -0.25) is 4.79 Å². The minimum atomic E-state index is -0.0998. The number of aryl methyl sites for hydroxylation is 1. The maximum atomic E-state index is 12.3. The Bertz CT molecular complexity index is 505. The Labute approximate surface area is 127 Å². The zero-order valence-electron chi connectivity index (χ0n) is 13.6. The average Bonchev–Trinajstić information content (AvgIpc) is 2.48. The first-order chi connectivity index (χ1) is 9.91. The van der Waals surface area contributed by atoms with Gasteiger partial charge < -0.3 is 15.5 Å². The van der Waals surface area contributed by atoms with Crippen molar-refractivity contribution in [3.05, 3.63) is 29.3 Å². The lowest BCUT2D eigenvalue weighted by molar-refractivity contribution is -0.135. The summed E-state index contributed by atoms with van der Waals surface area (Å²) in [6, 6.07) is 6.33. The van der Waals surface area contributed by atoms with E-state index >= 15 is 0 Å². The number of nitrogens with zero attached hydrogens (tertiary/aromatic N) is 2. The van der Waals surface area contributed by atoms with Crippen molar-refractivity contribution in [3.8, 4) is 0 Å². The molecule has 21 heavy (non-hydrogen) atoms. The second-order valence-electron chi connectivity index (χ2n) is 6.18. The van der Waals surface area contributed by atoms with Gasteiger partial charge in [0.1, 0.15) is 0 Å². The van der Waals surface area contributed by atoms with E-state index in [0.717, 1.165) is 26.2 Å². The predicted octanol–water partition coefficient (Wildman–Crippen LogP) is 1.94. The molecule has 2 atom stereocenters. The number of piperazine rings is 1. The molecule has 1 fully saturated rings. The van der Waals surface area contributed by atoms with Gasteiger partial charge in [-0.25, -0.2) is 0 Å². The van der Waals surface area contributed by atoms with Gasteiger partial charge >= 0.3 is 0 Å². The first kappa shape index (κ1) is 15.8. The zero-order valence-corrected chi connectivity index (χ0v) is 13.6. The molecule has 2 unspecified atom stereocenters. The van der Waals surface area contributed by atoms with Crippen molar-refractivity contribution in [1.82, 2.24) is 4.90 Å². The van der Waals surface area contributed by atoms with E-state index in [1.54, 1.807) is 0 Å². The zero-order chi connectivity index (χ0) is 15.6. The maximum Gasteiger partial charge on any atom is 0.227 e. The number of nitrogens with two attached hydrogens (primary N) is 1. The van der Waals surface area contributed by atoms with Crippen molar-refractivity contribution in [2.24, 2.45) is 11.7 Å². The fraction of sp³-hybridized carbons (Fsp3) is 0.588. The van der Waals surface area contributed by atoms with Gasteiger partial charge in [-0.15, -0.1) is 0 Å². The Balaban J connectivity index is 2.00. The van der Waals surface area contributed by atoms with Gasteiger partial charge in [0.2, 0.25) is 5.91 Å². The molecule has 2 N–H and O–H groups in total. The summed E-state index contributed by atoms with van der Waals surface area (Å²) in [5.41, 5.74) is 9.79. The Hall–Kier alpha value is -1.55. The molecule has 0 radical (unpaired) electrons. The Morgan fingerprint density at radius 3 is 2.33 bits per heavy atom. The molecule has 1 aliphatic heterocycles. The first-order valence-electron chi connectivity index (χ1n) is 7.77. The summed E-state index contributed by atoms with van der Waals surface area (Å²) in [4.78, 5) is 16.7. The lowest BCUT2D eigenvalue weighted by Crippen LogP contribution is -2.52. The van der Waals surface area contributed by atoms with E-state index in [1.807, 2.05) is 18.7 Å². The molecule has 2 rings (SSSR count). The van der Waals surface area contributed by atoms with Gasteiger partial charge in [-0.2, -0.15) is 0 Å². The van der Waals surface area contributed by atoms with Crippen molar-refractivity contribution < 1.29 is 4.79 Å². The molecule has 4 heteroatoms. The van der Waals surface area contributed by atoms with Crippen LogP contribution >= 0.6 is 0 Å². The molecule has 0 aliphatic carbocycles. The molecule has 1 aromatic carbocycles. The van der Waals surface area contributed by atoms with Crippen molar-refractivity contribution in [2.75, 3.05) is 31.1 Å². The third kappa shape index (κ3) is 3.38. The second-order valence-corrected chi connectivity index (χ2v) is 6.18. The highest BCUT2D eigenvalue weighted by molar-refractivity contribution is 5.79. The normalized spacial score (nSPS) is 18.5. The van der Waals surface area contributed by atoms with Crippen molar-refractivity contribution >= 4 is 11.6 Å². The molecule has 0 spiro atoms. The van der Waals surface area contributed by atoms with E-state index in [9.17, 15) is 4.79 Å². The number of benzene rings is 1. The number of hydrogen-bond donors (Lipinski definition) is 1. The molecule has 0 saturated carbocycles. The van der Waals surface area contributed by atoms with Crippen LogP contribution in [0.3, 0.4) is 0 Å². The lowest BCUT2D eigenvalue weighted by atomic mass is 10.0. The molecule has 0 aromatic heterocycles. The summed E-state index contributed by atoms with van der Waals surface area (Å²) in [6.07, 6.45) is 0. The van der Waals surface area contributed by atoms with Crippen LogP contribution in [0.2, 0.25) is 0 Å². The topological polar surface area (TPSA) is 49.6 Å². The monoisotopic (exact) mass is 289 g/mol. The van der Waals surface area contributed by atoms with Gasteiger partial charge in [0.15, 0.2) is 0 Å². The lowest BCUT2D eigenvalue weighted by Gasteiger charge is -2.38. The molecule has 116 valence electrons. The van der Waals surface area contributed by atoms with Gasteiger partial charge in [0.05, 0.1) is 5.92 Å². The standard InChI is InChI=1S/C17H27N3O/c1-12-6-5-7-16(13(12)2)19-8-10-20(11-9-19)17(21)14(3)15(4)18/h5-7,14-15H,8-11,18H2,1-4H3. The van der Waals surface area contributed by atoms with Crippen LogP contribution in [0.4, 0.5) is 5.69 Å². The number of rotatable bonds is 3. The maximum absolute atomic E-state index is 12.3. The van der Waals surface area contributed by atoms with Crippen LogP contribution in [-0.4, -0.2) is 43.0 Å². The summed E-state index contributed by atoms with van der Waals surface area (Å²) in [6.45, 7) is 11.5. The van der Waals surface area contributed by atoms with E-state index < -0.39 is 0 Å². The van der Waals surface area contributed by atoms with Gasteiger partial charge in [0, 0.05) is 37.9 Å². The van der Waals surface area contributed by atoms with Crippen LogP contribution in [-0.2, 0) is 4.79 Å². The minimum Gasteiger partial charge on any atom is -0.368 e. The van der Waals surface area contributed by atoms with E-state index in [1.165, 1.54) is 16.8 Å². The highest BCUT2D eigenvalue weighted by Crippen LogP contribution is 2.24. The fourth-order valence-corrected chi connectivity index (χ4v) is 2.76. The van der Waals surface area contributed by atoms with Gasteiger partial charge in [0.25, 0.3) is 0 Å². The second kappa shape index (κ2) is 6.48. The highest BCUT2D eigenvalue weighted by atomic mass is 16.2.